The van der Waals surface area contributed by atoms with Crippen molar-refractivity contribution in [3.05, 3.63) is 39.9 Å². The summed E-state index contributed by atoms with van der Waals surface area (Å²) in [7, 11) is 0. The van der Waals surface area contributed by atoms with Gasteiger partial charge in [0.2, 0.25) is 0 Å². The third-order valence-electron chi connectivity index (χ3n) is 1.37. The predicted molar refractivity (Wildman–Crippen MR) is 53.7 cm³/mol. The van der Waals surface area contributed by atoms with Gasteiger partial charge >= 0.3 is 5.97 Å². The maximum Gasteiger partial charge on any atom is 0.339 e. The van der Waals surface area contributed by atoms with E-state index in [1.54, 1.807) is 19.1 Å². The monoisotopic (exact) mass is 229 g/mol. The van der Waals surface area contributed by atoms with Gasteiger partial charge in [0, 0.05) is 0 Å². The maximum absolute atomic E-state index is 10.3. The zero-order chi connectivity index (χ0) is 12.6. The number of carbonyl (C=O) groups is 1. The number of carboxylic acids is 1. The first-order valence-electron chi connectivity index (χ1n) is 4.27. The molecule has 2 N–H and O–H groups in total. The molecule has 0 aromatic heterocycles. The van der Waals surface area contributed by atoms with Crippen LogP contribution in [0.4, 0.5) is 0 Å². The largest absolute Gasteiger partial charge is 0.507 e. The van der Waals surface area contributed by atoms with Crippen LogP contribution in [-0.4, -0.2) is 27.9 Å². The molecule has 88 valence electrons. The van der Waals surface area contributed by atoms with Crippen LogP contribution in [0.15, 0.2) is 24.3 Å². The number of carboxylic acid groups (broad SMARTS) is 1. The number of para-hydroxylation sites is 1. The highest BCUT2D eigenvalue weighted by molar-refractivity contribution is 5.90. The SMILES string of the molecule is CCO[N+](=O)[O-].O=C(O)c1ccccc1O. The number of nitrogens with zero attached hydrogens (tertiary/aromatic N) is 1. The average Bonchev–Trinajstić information content (AvgIpc) is 2.18. The molecule has 0 aliphatic heterocycles. The Morgan fingerprint density at radius 3 is 2.31 bits per heavy atom. The summed E-state index contributed by atoms with van der Waals surface area (Å²) in [6.07, 6.45) is 0. The molecule has 0 radical (unpaired) electrons. The minimum absolute atomic E-state index is 0.0671. The first-order chi connectivity index (χ1) is 7.49. The standard InChI is InChI=1S/C7H6O3.C2H5NO3/c8-6-4-2-1-3-5(6)7(9)10;1-2-6-3(4)5/h1-4,8H,(H,9,10);2H2,1H3. The molecule has 0 amide bonds. The van der Waals surface area contributed by atoms with Crippen molar-refractivity contribution in [2.24, 2.45) is 0 Å². The second kappa shape index (κ2) is 7.04. The van der Waals surface area contributed by atoms with Crippen LogP contribution in [0.25, 0.3) is 0 Å². The second-order valence-corrected chi connectivity index (χ2v) is 2.46. The maximum atomic E-state index is 10.3. The van der Waals surface area contributed by atoms with E-state index in [0.29, 0.717) is 0 Å². The summed E-state index contributed by atoms with van der Waals surface area (Å²) in [6.45, 7) is 1.69. The van der Waals surface area contributed by atoms with Crippen molar-refractivity contribution in [3.8, 4) is 5.75 Å². The molecular formula is C9H11NO6. The molecule has 0 bridgehead atoms. The third kappa shape index (κ3) is 5.43. The van der Waals surface area contributed by atoms with Crippen molar-refractivity contribution in [3.63, 3.8) is 0 Å². The van der Waals surface area contributed by atoms with Crippen LogP contribution in [0, 0.1) is 10.1 Å². The zero-order valence-electron chi connectivity index (χ0n) is 8.49. The summed E-state index contributed by atoms with van der Waals surface area (Å²) in [5.74, 6) is -1.31. The van der Waals surface area contributed by atoms with Crippen molar-refractivity contribution < 1.29 is 24.9 Å². The quantitative estimate of drug-likeness (QED) is 0.597. The summed E-state index contributed by atoms with van der Waals surface area (Å²) < 4.78 is 0. The van der Waals surface area contributed by atoms with Gasteiger partial charge < -0.3 is 15.1 Å². The van der Waals surface area contributed by atoms with Gasteiger partial charge in [0.25, 0.3) is 5.09 Å². The lowest BCUT2D eigenvalue weighted by Crippen LogP contribution is -1.97. The summed E-state index contributed by atoms with van der Waals surface area (Å²) in [5.41, 5.74) is -0.0671. The molecule has 0 atom stereocenters. The highest BCUT2D eigenvalue weighted by Gasteiger charge is 2.05. The lowest BCUT2D eigenvalue weighted by atomic mass is 10.2. The topological polar surface area (TPSA) is 110 Å². The van der Waals surface area contributed by atoms with Crippen LogP contribution < -0.4 is 0 Å². The molecule has 7 nitrogen and oxygen atoms in total. The summed E-state index contributed by atoms with van der Waals surface area (Å²) in [6, 6.07) is 5.81. The number of aromatic hydroxyl groups is 1. The van der Waals surface area contributed by atoms with Crippen molar-refractivity contribution in [2.45, 2.75) is 6.92 Å². The molecule has 0 saturated heterocycles. The molecule has 16 heavy (non-hydrogen) atoms. The van der Waals surface area contributed by atoms with Crippen LogP contribution in [0.5, 0.6) is 5.75 Å². The summed E-state index contributed by atoms with van der Waals surface area (Å²) in [4.78, 5) is 23.2. The molecule has 0 aliphatic rings. The van der Waals surface area contributed by atoms with Gasteiger partial charge in [0.1, 0.15) is 11.3 Å². The molecule has 0 fully saturated rings. The van der Waals surface area contributed by atoms with Gasteiger partial charge in [-0.25, -0.2) is 4.79 Å². The van der Waals surface area contributed by atoms with E-state index >= 15 is 0 Å². The number of hydrogen-bond donors (Lipinski definition) is 2. The van der Waals surface area contributed by atoms with Crippen molar-refractivity contribution in [1.82, 2.24) is 0 Å². The minimum Gasteiger partial charge on any atom is -0.507 e. The molecule has 1 aromatic rings. The van der Waals surface area contributed by atoms with E-state index < -0.39 is 11.1 Å². The highest BCUT2D eigenvalue weighted by Crippen LogP contribution is 2.14. The number of benzene rings is 1. The molecule has 0 spiro atoms. The zero-order valence-corrected chi connectivity index (χ0v) is 8.49. The molecule has 1 rings (SSSR count). The van der Waals surface area contributed by atoms with Crippen molar-refractivity contribution >= 4 is 5.97 Å². The Hall–Kier alpha value is -2.31. The fourth-order valence-electron chi connectivity index (χ4n) is 0.760. The smallest absolute Gasteiger partial charge is 0.339 e. The van der Waals surface area contributed by atoms with Crippen LogP contribution >= 0.6 is 0 Å². The van der Waals surface area contributed by atoms with Crippen molar-refractivity contribution in [1.29, 1.82) is 0 Å². The second-order valence-electron chi connectivity index (χ2n) is 2.46. The van der Waals surface area contributed by atoms with E-state index in [0.717, 1.165) is 0 Å². The van der Waals surface area contributed by atoms with Gasteiger partial charge in [0.15, 0.2) is 0 Å². The third-order valence-corrected chi connectivity index (χ3v) is 1.37. The molecule has 0 unspecified atom stereocenters. The molecule has 0 heterocycles. The predicted octanol–water partition coefficient (Wildman–Crippen LogP) is 1.30. The van der Waals surface area contributed by atoms with Crippen LogP contribution in [0.1, 0.15) is 17.3 Å². The molecule has 0 aliphatic carbocycles. The molecular weight excluding hydrogens is 218 g/mol. The summed E-state index contributed by atoms with van der Waals surface area (Å²) in [5, 5.41) is 25.7. The average molecular weight is 229 g/mol. The Morgan fingerprint density at radius 2 is 2.06 bits per heavy atom. The number of phenols is 1. The Bertz CT molecular complexity index is 365. The van der Waals surface area contributed by atoms with Crippen LogP contribution in [0.2, 0.25) is 0 Å². The van der Waals surface area contributed by atoms with Gasteiger partial charge in [0.05, 0.1) is 6.61 Å². The Morgan fingerprint density at radius 1 is 1.50 bits per heavy atom. The van der Waals surface area contributed by atoms with Gasteiger partial charge in [-0.15, -0.1) is 10.1 Å². The lowest BCUT2D eigenvalue weighted by Gasteiger charge is -1.95. The van der Waals surface area contributed by atoms with Gasteiger partial charge in [-0.3, -0.25) is 0 Å². The van der Waals surface area contributed by atoms with E-state index in [-0.39, 0.29) is 17.9 Å². The van der Waals surface area contributed by atoms with E-state index in [2.05, 4.69) is 4.84 Å². The van der Waals surface area contributed by atoms with Crippen LogP contribution in [0.3, 0.4) is 0 Å². The summed E-state index contributed by atoms with van der Waals surface area (Å²) >= 11 is 0. The van der Waals surface area contributed by atoms with Gasteiger partial charge in [-0.05, 0) is 19.1 Å². The Labute approximate surface area is 91.0 Å². The first kappa shape index (κ1) is 13.7. The Balaban J connectivity index is 0.000000325. The number of rotatable bonds is 3. The van der Waals surface area contributed by atoms with E-state index in [9.17, 15) is 14.9 Å². The van der Waals surface area contributed by atoms with E-state index in [1.807, 2.05) is 0 Å². The number of hydrogen-bond acceptors (Lipinski definition) is 5. The van der Waals surface area contributed by atoms with E-state index in [1.165, 1.54) is 12.1 Å². The minimum atomic E-state index is -1.11. The number of aromatic carboxylic acids is 1. The molecule has 7 heteroatoms. The van der Waals surface area contributed by atoms with E-state index in [4.69, 9.17) is 10.2 Å². The fraction of sp³-hybridized carbons (Fsp3) is 0.222. The first-order valence-corrected chi connectivity index (χ1v) is 4.27. The molecule has 0 saturated carbocycles. The molecule has 1 aromatic carbocycles. The normalized spacial score (nSPS) is 8.56. The van der Waals surface area contributed by atoms with Gasteiger partial charge in [-0.1, -0.05) is 12.1 Å². The highest BCUT2D eigenvalue weighted by atomic mass is 16.9. The fourth-order valence-corrected chi connectivity index (χ4v) is 0.760. The Kier molecular flexibility index (Phi) is 6.03. The van der Waals surface area contributed by atoms with Gasteiger partial charge in [-0.2, -0.15) is 0 Å². The van der Waals surface area contributed by atoms with Crippen molar-refractivity contribution in [2.75, 3.05) is 6.61 Å². The van der Waals surface area contributed by atoms with Crippen LogP contribution in [-0.2, 0) is 4.84 Å². The lowest BCUT2D eigenvalue weighted by molar-refractivity contribution is -0.756.